The van der Waals surface area contributed by atoms with Gasteiger partial charge in [-0.25, -0.2) is 4.79 Å². The summed E-state index contributed by atoms with van der Waals surface area (Å²) >= 11 is 6.00. The van der Waals surface area contributed by atoms with Gasteiger partial charge in [0.05, 0.1) is 24.2 Å². The predicted octanol–water partition coefficient (Wildman–Crippen LogP) is 3.58. The first kappa shape index (κ1) is 20.3. The lowest BCUT2D eigenvalue weighted by Gasteiger charge is -2.15. The third-order valence-corrected chi connectivity index (χ3v) is 3.40. The van der Waals surface area contributed by atoms with E-state index in [1.807, 2.05) is 6.92 Å². The highest BCUT2D eigenvalue weighted by Crippen LogP contribution is 2.27. The number of benzene rings is 1. The monoisotopic (exact) mass is 357 g/mol. The summed E-state index contributed by atoms with van der Waals surface area (Å²) in [4.78, 5) is 22.4. The van der Waals surface area contributed by atoms with Gasteiger partial charge >= 0.3 is 5.97 Å². The van der Waals surface area contributed by atoms with Crippen LogP contribution in [0.2, 0.25) is 5.02 Å². The van der Waals surface area contributed by atoms with Crippen molar-refractivity contribution in [1.82, 2.24) is 0 Å². The number of aliphatic carboxylic acids is 1. The van der Waals surface area contributed by atoms with E-state index in [-0.39, 0.29) is 29.2 Å². The minimum Gasteiger partial charge on any atom is -0.480 e. The van der Waals surface area contributed by atoms with Crippen LogP contribution in [0.15, 0.2) is 18.2 Å². The van der Waals surface area contributed by atoms with E-state index in [4.69, 9.17) is 26.2 Å². The fraction of sp³-hybridized carbons (Fsp3) is 0.529. The molecule has 0 saturated carbocycles. The van der Waals surface area contributed by atoms with E-state index in [9.17, 15) is 9.59 Å². The highest BCUT2D eigenvalue weighted by Gasteiger charge is 2.09. The van der Waals surface area contributed by atoms with Gasteiger partial charge < -0.3 is 19.9 Å². The Morgan fingerprint density at radius 3 is 2.58 bits per heavy atom. The normalized spacial score (nSPS) is 12.0. The number of carboxylic acids is 1. The minimum atomic E-state index is -1.09. The maximum Gasteiger partial charge on any atom is 0.341 e. The van der Waals surface area contributed by atoms with E-state index in [0.717, 1.165) is 6.42 Å². The molecule has 0 radical (unpaired) electrons. The van der Waals surface area contributed by atoms with E-state index < -0.39 is 12.6 Å². The van der Waals surface area contributed by atoms with Crippen LogP contribution in [0.3, 0.4) is 0 Å². The molecule has 0 heterocycles. The summed E-state index contributed by atoms with van der Waals surface area (Å²) in [6.07, 6.45) is 1.32. The number of hydrogen-bond acceptors (Lipinski definition) is 4. The van der Waals surface area contributed by atoms with Crippen LogP contribution in [-0.4, -0.2) is 36.3 Å². The molecule has 7 heteroatoms. The molecule has 1 atom stereocenters. The van der Waals surface area contributed by atoms with E-state index in [1.165, 1.54) is 12.1 Å². The molecule has 6 nitrogen and oxygen atoms in total. The van der Waals surface area contributed by atoms with Gasteiger partial charge in [0.15, 0.2) is 6.61 Å². The molecule has 0 bridgehead atoms. The Bertz CT molecular complexity index is 562. The summed E-state index contributed by atoms with van der Waals surface area (Å²) in [5.41, 5.74) is 0.517. The molecule has 1 aromatic carbocycles. The Labute approximate surface area is 147 Å². The van der Waals surface area contributed by atoms with Gasteiger partial charge in [0, 0.05) is 5.69 Å². The van der Waals surface area contributed by atoms with Gasteiger partial charge in [-0.1, -0.05) is 25.4 Å². The zero-order valence-corrected chi connectivity index (χ0v) is 14.9. The first-order valence-corrected chi connectivity index (χ1v) is 8.21. The van der Waals surface area contributed by atoms with Crippen molar-refractivity contribution in [3.8, 4) is 5.75 Å². The van der Waals surface area contributed by atoms with Crippen LogP contribution in [0.25, 0.3) is 0 Å². The number of hydrogen-bond donors (Lipinski definition) is 2. The molecule has 0 aliphatic heterocycles. The van der Waals surface area contributed by atoms with E-state index in [1.54, 1.807) is 6.07 Å². The summed E-state index contributed by atoms with van der Waals surface area (Å²) < 4.78 is 10.6. The molecule has 1 unspecified atom stereocenters. The molecule has 0 saturated heterocycles. The summed E-state index contributed by atoms with van der Waals surface area (Å²) in [7, 11) is 0. The number of carbonyl (C=O) groups is 2. The topological polar surface area (TPSA) is 84.9 Å². The lowest BCUT2D eigenvalue weighted by molar-refractivity contribution is -0.139. The van der Waals surface area contributed by atoms with Crippen molar-refractivity contribution < 1.29 is 24.2 Å². The maximum absolute atomic E-state index is 11.9. The summed E-state index contributed by atoms with van der Waals surface area (Å²) in [5, 5.41) is 11.5. The Balaban J connectivity index is 2.41. The summed E-state index contributed by atoms with van der Waals surface area (Å²) in [5.74, 6) is -0.460. The molecular formula is C17H24ClNO5. The van der Waals surface area contributed by atoms with Gasteiger partial charge in [0.2, 0.25) is 5.91 Å². The van der Waals surface area contributed by atoms with Crippen LogP contribution < -0.4 is 10.1 Å². The second-order valence-corrected chi connectivity index (χ2v) is 6.34. The number of halogens is 1. The molecule has 1 rings (SSSR count). The number of ether oxygens (including phenoxy) is 2. The molecule has 24 heavy (non-hydrogen) atoms. The Morgan fingerprint density at radius 2 is 2.00 bits per heavy atom. The molecule has 1 amide bonds. The Morgan fingerprint density at radius 1 is 1.29 bits per heavy atom. The molecule has 0 fully saturated rings. The molecule has 0 aliphatic carbocycles. The molecule has 2 N–H and O–H groups in total. The van der Waals surface area contributed by atoms with Crippen LogP contribution in [0, 0.1) is 5.92 Å². The Hall–Kier alpha value is -1.79. The standard InChI is InChI=1S/C17H24ClNO5/c1-11(2)8-12(3)23-7-6-16(20)19-13-4-5-15(14(18)9-13)24-10-17(21)22/h4-5,9,11-12H,6-8,10H2,1-3H3,(H,19,20)(H,21,22). The van der Waals surface area contributed by atoms with Crippen LogP contribution in [0.4, 0.5) is 5.69 Å². The van der Waals surface area contributed by atoms with Gasteiger partial charge in [-0.15, -0.1) is 0 Å². The van der Waals surface area contributed by atoms with Crippen molar-refractivity contribution in [2.24, 2.45) is 5.92 Å². The average Bonchev–Trinajstić information content (AvgIpc) is 2.45. The number of carboxylic acid groups (broad SMARTS) is 1. The smallest absolute Gasteiger partial charge is 0.341 e. The zero-order valence-electron chi connectivity index (χ0n) is 14.2. The van der Waals surface area contributed by atoms with Crippen LogP contribution in [-0.2, 0) is 14.3 Å². The van der Waals surface area contributed by atoms with Crippen molar-refractivity contribution in [3.05, 3.63) is 23.2 Å². The van der Waals surface area contributed by atoms with Crippen molar-refractivity contribution in [3.63, 3.8) is 0 Å². The second-order valence-electron chi connectivity index (χ2n) is 5.94. The number of carbonyl (C=O) groups excluding carboxylic acids is 1. The third kappa shape index (κ3) is 8.17. The van der Waals surface area contributed by atoms with Crippen molar-refractivity contribution in [2.45, 2.75) is 39.7 Å². The fourth-order valence-corrected chi connectivity index (χ4v) is 2.38. The van der Waals surface area contributed by atoms with Crippen molar-refractivity contribution >= 4 is 29.2 Å². The van der Waals surface area contributed by atoms with Crippen LogP contribution >= 0.6 is 11.6 Å². The molecule has 1 aromatic rings. The number of nitrogens with one attached hydrogen (secondary N) is 1. The first-order valence-electron chi connectivity index (χ1n) is 7.83. The lowest BCUT2D eigenvalue weighted by Crippen LogP contribution is -2.18. The highest BCUT2D eigenvalue weighted by atomic mass is 35.5. The molecular weight excluding hydrogens is 334 g/mol. The summed E-state index contributed by atoms with van der Waals surface area (Å²) in [6, 6.07) is 4.63. The molecule has 134 valence electrons. The van der Waals surface area contributed by atoms with E-state index >= 15 is 0 Å². The molecule has 0 aromatic heterocycles. The van der Waals surface area contributed by atoms with Gasteiger partial charge in [0.25, 0.3) is 0 Å². The fourth-order valence-electron chi connectivity index (χ4n) is 2.14. The van der Waals surface area contributed by atoms with E-state index in [2.05, 4.69) is 19.2 Å². The molecule has 0 aliphatic rings. The van der Waals surface area contributed by atoms with Gasteiger partial charge in [-0.05, 0) is 37.5 Å². The molecule has 0 spiro atoms. The van der Waals surface area contributed by atoms with E-state index in [0.29, 0.717) is 18.2 Å². The second kappa shape index (κ2) is 10.2. The van der Waals surface area contributed by atoms with Crippen LogP contribution in [0.1, 0.15) is 33.6 Å². The van der Waals surface area contributed by atoms with Crippen molar-refractivity contribution in [2.75, 3.05) is 18.5 Å². The van der Waals surface area contributed by atoms with Crippen molar-refractivity contribution in [1.29, 1.82) is 0 Å². The zero-order chi connectivity index (χ0) is 18.1. The quantitative estimate of drug-likeness (QED) is 0.668. The van der Waals surface area contributed by atoms with Gasteiger partial charge in [-0.2, -0.15) is 0 Å². The number of rotatable bonds is 10. The number of amides is 1. The minimum absolute atomic E-state index is 0.123. The largest absolute Gasteiger partial charge is 0.480 e. The number of anilines is 1. The first-order chi connectivity index (χ1) is 11.3. The maximum atomic E-state index is 11.9. The van der Waals surface area contributed by atoms with Gasteiger partial charge in [0.1, 0.15) is 5.75 Å². The predicted molar refractivity (Wildman–Crippen MR) is 92.7 cm³/mol. The van der Waals surface area contributed by atoms with Gasteiger partial charge in [-0.3, -0.25) is 4.79 Å². The SMILES string of the molecule is CC(C)CC(C)OCCC(=O)Nc1ccc(OCC(=O)O)c(Cl)c1. The Kier molecular flexibility index (Phi) is 8.57. The van der Waals surface area contributed by atoms with Crippen LogP contribution in [0.5, 0.6) is 5.75 Å². The lowest BCUT2D eigenvalue weighted by atomic mass is 10.1. The average molecular weight is 358 g/mol. The summed E-state index contributed by atoms with van der Waals surface area (Å²) in [6.45, 7) is 6.12. The highest BCUT2D eigenvalue weighted by molar-refractivity contribution is 6.32. The third-order valence-electron chi connectivity index (χ3n) is 3.10.